The molecule has 0 aliphatic rings. The van der Waals surface area contributed by atoms with E-state index in [1.807, 2.05) is 6.92 Å². The molecule has 0 unspecified atom stereocenters. The third-order valence-corrected chi connectivity index (χ3v) is 5.96. The van der Waals surface area contributed by atoms with Gasteiger partial charge in [-0.3, -0.25) is 24.1 Å². The molecular formula is C25H39N3O7. The highest BCUT2D eigenvalue weighted by molar-refractivity contribution is 6.03. The fourth-order valence-electron chi connectivity index (χ4n) is 3.48. The molecule has 10 nitrogen and oxygen atoms in total. The Bertz CT molecular complexity index is 834. The Labute approximate surface area is 206 Å². The number of methoxy groups -OCH3 is 1. The first-order chi connectivity index (χ1) is 16.5. The number of nitrogens with two attached hydrogens (primary N) is 1. The predicted molar refractivity (Wildman–Crippen MR) is 130 cm³/mol. The van der Waals surface area contributed by atoms with Gasteiger partial charge in [0, 0.05) is 20.1 Å². The standard InChI is InChI=1S/C25H39N3O7/c1-5-16(2)22(26)24(32)28(21(30)15-19(29)12-9-13-35-4)20(14-18-10-7-6-8-11-18)23(31)27-17(3)25(33)34/h6-8,10-11,16-17,19-20,22,29H,5,9,12-15,26H2,1-4H3,(H,27,31)(H,33,34)/t16-,17+,19-,20+,22+/m0/s1. The number of amides is 3. The van der Waals surface area contributed by atoms with E-state index in [2.05, 4.69) is 5.32 Å². The molecule has 0 aliphatic heterocycles. The largest absolute Gasteiger partial charge is 0.480 e. The zero-order valence-corrected chi connectivity index (χ0v) is 21.0. The van der Waals surface area contributed by atoms with Gasteiger partial charge < -0.3 is 26.0 Å². The molecule has 0 fully saturated rings. The molecular weight excluding hydrogens is 454 g/mol. The Kier molecular flexibility index (Phi) is 13.1. The molecule has 0 heterocycles. The van der Waals surface area contributed by atoms with Crippen molar-refractivity contribution in [2.45, 2.75) is 77.1 Å². The molecule has 35 heavy (non-hydrogen) atoms. The minimum Gasteiger partial charge on any atom is -0.480 e. The number of nitrogens with one attached hydrogen (secondary N) is 1. The number of rotatable bonds is 15. The van der Waals surface area contributed by atoms with Crippen molar-refractivity contribution in [3.05, 3.63) is 35.9 Å². The van der Waals surface area contributed by atoms with Crippen LogP contribution in [-0.4, -0.2) is 76.7 Å². The first-order valence-corrected chi connectivity index (χ1v) is 11.9. The lowest BCUT2D eigenvalue weighted by Crippen LogP contribution is -2.60. The molecule has 0 bridgehead atoms. The lowest BCUT2D eigenvalue weighted by Gasteiger charge is -2.33. The summed E-state index contributed by atoms with van der Waals surface area (Å²) in [6.07, 6.45) is -0.134. The van der Waals surface area contributed by atoms with E-state index in [-0.39, 0.29) is 18.8 Å². The van der Waals surface area contributed by atoms with Gasteiger partial charge in [0.15, 0.2) is 0 Å². The molecule has 0 aromatic heterocycles. The summed E-state index contributed by atoms with van der Waals surface area (Å²) in [7, 11) is 1.53. The van der Waals surface area contributed by atoms with E-state index >= 15 is 0 Å². The second kappa shape index (κ2) is 15.2. The van der Waals surface area contributed by atoms with Gasteiger partial charge in [-0.05, 0) is 31.2 Å². The van der Waals surface area contributed by atoms with Crippen LogP contribution in [0.25, 0.3) is 0 Å². The average molecular weight is 494 g/mol. The number of benzene rings is 1. The van der Waals surface area contributed by atoms with Crippen LogP contribution < -0.4 is 11.1 Å². The molecule has 0 saturated carbocycles. The van der Waals surface area contributed by atoms with Crippen molar-refractivity contribution >= 4 is 23.7 Å². The first kappa shape index (κ1) is 30.2. The number of carbonyl (C=O) groups excluding carboxylic acids is 3. The number of ether oxygens (including phenoxy) is 1. The molecule has 3 amide bonds. The van der Waals surface area contributed by atoms with E-state index < -0.39 is 54.3 Å². The van der Waals surface area contributed by atoms with Gasteiger partial charge >= 0.3 is 5.97 Å². The highest BCUT2D eigenvalue weighted by Crippen LogP contribution is 2.18. The van der Waals surface area contributed by atoms with E-state index in [1.54, 1.807) is 37.3 Å². The van der Waals surface area contributed by atoms with E-state index in [1.165, 1.54) is 14.0 Å². The van der Waals surface area contributed by atoms with Gasteiger partial charge in [0.25, 0.3) is 0 Å². The molecule has 1 aromatic carbocycles. The molecule has 0 radical (unpaired) electrons. The molecule has 0 aliphatic carbocycles. The molecule has 1 rings (SSSR count). The summed E-state index contributed by atoms with van der Waals surface area (Å²) in [5.41, 5.74) is 6.84. The lowest BCUT2D eigenvalue weighted by molar-refractivity contribution is -0.155. The Hall–Kier alpha value is -2.82. The number of aliphatic carboxylic acids is 1. The summed E-state index contributed by atoms with van der Waals surface area (Å²) in [5, 5.41) is 22.0. The topological polar surface area (TPSA) is 159 Å². The fourth-order valence-corrected chi connectivity index (χ4v) is 3.48. The smallest absolute Gasteiger partial charge is 0.325 e. The lowest BCUT2D eigenvalue weighted by atomic mass is 9.96. The second-order valence-electron chi connectivity index (χ2n) is 8.78. The summed E-state index contributed by atoms with van der Waals surface area (Å²) >= 11 is 0. The number of hydrogen-bond acceptors (Lipinski definition) is 7. The van der Waals surface area contributed by atoms with Crippen LogP contribution >= 0.6 is 0 Å². The summed E-state index contributed by atoms with van der Waals surface area (Å²) in [5.74, 6) is -3.82. The van der Waals surface area contributed by atoms with Crippen LogP contribution in [0.2, 0.25) is 0 Å². The van der Waals surface area contributed by atoms with Crippen molar-refractivity contribution in [3.63, 3.8) is 0 Å². The minimum absolute atomic E-state index is 0.0382. The summed E-state index contributed by atoms with van der Waals surface area (Å²) in [6, 6.07) is 5.12. The third kappa shape index (κ3) is 9.75. The molecule has 5 atom stereocenters. The maximum atomic E-state index is 13.5. The van der Waals surface area contributed by atoms with Crippen LogP contribution in [0.5, 0.6) is 0 Å². The Balaban J connectivity index is 3.38. The second-order valence-corrected chi connectivity index (χ2v) is 8.78. The number of nitrogens with zero attached hydrogens (tertiary/aromatic N) is 1. The SMILES string of the molecule is CC[C@H](C)[C@@H](N)C(=O)N(C(=O)C[C@@H](O)CCCOC)[C@H](Cc1ccccc1)C(=O)N[C@H](C)C(=O)O. The molecule has 10 heteroatoms. The monoisotopic (exact) mass is 493 g/mol. The Morgan fingerprint density at radius 3 is 2.31 bits per heavy atom. The molecule has 5 N–H and O–H groups in total. The van der Waals surface area contributed by atoms with Gasteiger partial charge in [-0.15, -0.1) is 0 Å². The molecule has 196 valence electrons. The van der Waals surface area contributed by atoms with Gasteiger partial charge in [-0.2, -0.15) is 0 Å². The number of aliphatic hydroxyl groups is 1. The van der Waals surface area contributed by atoms with Crippen LogP contribution in [0.3, 0.4) is 0 Å². The van der Waals surface area contributed by atoms with Gasteiger partial charge in [0.05, 0.1) is 18.6 Å². The summed E-state index contributed by atoms with van der Waals surface area (Å²) in [6.45, 7) is 5.31. The van der Waals surface area contributed by atoms with E-state index in [9.17, 15) is 29.4 Å². The van der Waals surface area contributed by atoms with Crippen LogP contribution in [0.4, 0.5) is 0 Å². The number of carboxylic acid groups (broad SMARTS) is 1. The normalized spacial score (nSPS) is 15.4. The zero-order valence-electron chi connectivity index (χ0n) is 21.0. The van der Waals surface area contributed by atoms with Gasteiger partial charge in [0.1, 0.15) is 12.1 Å². The fraction of sp³-hybridized carbons (Fsp3) is 0.600. The zero-order chi connectivity index (χ0) is 26.5. The average Bonchev–Trinajstić information content (AvgIpc) is 2.83. The maximum Gasteiger partial charge on any atom is 0.325 e. The first-order valence-electron chi connectivity index (χ1n) is 11.9. The third-order valence-electron chi connectivity index (χ3n) is 5.96. The minimum atomic E-state index is -1.35. The highest BCUT2D eigenvalue weighted by atomic mass is 16.5. The van der Waals surface area contributed by atoms with Crippen LogP contribution in [0.1, 0.15) is 52.0 Å². The van der Waals surface area contributed by atoms with E-state index in [0.717, 1.165) is 4.90 Å². The molecule has 0 spiro atoms. The predicted octanol–water partition coefficient (Wildman–Crippen LogP) is 1.09. The molecule has 1 aromatic rings. The van der Waals surface area contributed by atoms with Crippen LogP contribution in [0, 0.1) is 5.92 Å². The van der Waals surface area contributed by atoms with Crippen LogP contribution in [-0.2, 0) is 30.3 Å². The van der Waals surface area contributed by atoms with Gasteiger partial charge in [0.2, 0.25) is 17.7 Å². The Morgan fingerprint density at radius 1 is 1.14 bits per heavy atom. The van der Waals surface area contributed by atoms with Crippen molar-refractivity contribution in [3.8, 4) is 0 Å². The number of hydrogen-bond donors (Lipinski definition) is 4. The Morgan fingerprint density at radius 2 is 1.77 bits per heavy atom. The summed E-state index contributed by atoms with van der Waals surface area (Å²) in [4.78, 5) is 52.2. The van der Waals surface area contributed by atoms with E-state index in [0.29, 0.717) is 25.0 Å². The maximum absolute atomic E-state index is 13.5. The number of aliphatic hydroxyl groups excluding tert-OH is 1. The van der Waals surface area contributed by atoms with Crippen molar-refractivity contribution < 1.29 is 34.1 Å². The number of carbonyl (C=O) groups is 4. The van der Waals surface area contributed by atoms with Gasteiger partial charge in [-0.25, -0.2) is 0 Å². The van der Waals surface area contributed by atoms with Crippen molar-refractivity contribution in [2.24, 2.45) is 11.7 Å². The van der Waals surface area contributed by atoms with Gasteiger partial charge in [-0.1, -0.05) is 50.6 Å². The van der Waals surface area contributed by atoms with Crippen molar-refractivity contribution in [1.82, 2.24) is 10.2 Å². The quantitative estimate of drug-likeness (QED) is 0.264. The van der Waals surface area contributed by atoms with Crippen LogP contribution in [0.15, 0.2) is 30.3 Å². The number of carboxylic acids is 1. The highest BCUT2D eigenvalue weighted by Gasteiger charge is 2.39. The number of imide groups is 1. The molecule has 0 saturated heterocycles. The van der Waals surface area contributed by atoms with E-state index in [4.69, 9.17) is 10.5 Å². The van der Waals surface area contributed by atoms with Crippen molar-refractivity contribution in [2.75, 3.05) is 13.7 Å². The van der Waals surface area contributed by atoms with Crippen molar-refractivity contribution in [1.29, 1.82) is 0 Å². The summed E-state index contributed by atoms with van der Waals surface area (Å²) < 4.78 is 4.97.